The number of aryl methyl sites for hydroxylation is 1. The minimum Gasteiger partial charge on any atom is -0.289 e. The molecule has 0 spiro atoms. The maximum Gasteiger partial charge on any atom is 0.194 e. The first-order valence-corrected chi connectivity index (χ1v) is 5.22. The summed E-state index contributed by atoms with van der Waals surface area (Å²) < 4.78 is 0. The Hall–Kier alpha value is -1.83. The van der Waals surface area contributed by atoms with Gasteiger partial charge in [-0.1, -0.05) is 41.9 Å². The van der Waals surface area contributed by atoms with Crippen LogP contribution in [0.1, 0.15) is 21.5 Å². The molecule has 0 unspecified atom stereocenters. The molecule has 0 saturated carbocycles. The smallest absolute Gasteiger partial charge is 0.194 e. The van der Waals surface area contributed by atoms with Crippen LogP contribution in [0.5, 0.6) is 0 Å². The number of hydrogen-bond donors (Lipinski definition) is 0. The minimum absolute atomic E-state index is 0.0843. The van der Waals surface area contributed by atoms with Crippen molar-refractivity contribution in [3.63, 3.8) is 0 Å². The van der Waals surface area contributed by atoms with Crippen LogP contribution in [0.15, 0.2) is 36.4 Å². The number of hydrogen-bond acceptors (Lipinski definition) is 1. The molecule has 2 aromatic carbocycles. The van der Waals surface area contributed by atoms with Gasteiger partial charge < -0.3 is 0 Å². The first-order chi connectivity index (χ1) is 7.68. The molecule has 0 saturated heterocycles. The largest absolute Gasteiger partial charge is 0.289 e. The van der Waals surface area contributed by atoms with Gasteiger partial charge in [-0.15, -0.1) is 0 Å². The second-order valence-corrected chi connectivity index (χ2v) is 4.13. The van der Waals surface area contributed by atoms with Crippen molar-refractivity contribution >= 4 is 19.1 Å². The highest BCUT2D eigenvalue weighted by Crippen LogP contribution is 2.37. The van der Waals surface area contributed by atoms with Gasteiger partial charge in [0, 0.05) is 11.1 Å². The number of benzene rings is 2. The zero-order valence-corrected chi connectivity index (χ0v) is 8.95. The lowest BCUT2D eigenvalue weighted by atomic mass is 9.91. The molecule has 2 radical (unpaired) electrons. The van der Waals surface area contributed by atoms with Crippen LogP contribution in [-0.2, 0) is 0 Å². The number of rotatable bonds is 0. The van der Waals surface area contributed by atoms with Crippen LogP contribution < -0.4 is 5.46 Å². The van der Waals surface area contributed by atoms with Crippen molar-refractivity contribution in [1.82, 2.24) is 0 Å². The van der Waals surface area contributed by atoms with E-state index in [-0.39, 0.29) is 5.78 Å². The zero-order chi connectivity index (χ0) is 11.3. The second kappa shape index (κ2) is 3.08. The van der Waals surface area contributed by atoms with Crippen LogP contribution in [-0.4, -0.2) is 13.6 Å². The number of carbonyl (C=O) groups excluding carboxylic acids is 1. The molecule has 0 aliphatic heterocycles. The SMILES string of the molecule is [B]c1ccc2c(c1)C(=O)c1cccc(C)c1-2. The van der Waals surface area contributed by atoms with Crippen molar-refractivity contribution in [3.8, 4) is 11.1 Å². The molecule has 1 aliphatic carbocycles. The van der Waals surface area contributed by atoms with E-state index in [1.165, 1.54) is 0 Å². The average molecular weight is 204 g/mol. The molecule has 2 heteroatoms. The fourth-order valence-electron chi connectivity index (χ4n) is 2.33. The van der Waals surface area contributed by atoms with Crippen molar-refractivity contribution in [2.24, 2.45) is 0 Å². The minimum atomic E-state index is 0.0843. The molecule has 74 valence electrons. The molecule has 0 N–H and O–H groups in total. The Labute approximate surface area is 95.5 Å². The van der Waals surface area contributed by atoms with Gasteiger partial charge in [0.25, 0.3) is 0 Å². The van der Waals surface area contributed by atoms with Gasteiger partial charge >= 0.3 is 0 Å². The molecular weight excluding hydrogens is 195 g/mol. The van der Waals surface area contributed by atoms with Gasteiger partial charge in [0.15, 0.2) is 5.78 Å². The average Bonchev–Trinajstić information content (AvgIpc) is 2.55. The second-order valence-electron chi connectivity index (χ2n) is 4.13. The monoisotopic (exact) mass is 204 g/mol. The van der Waals surface area contributed by atoms with Crippen molar-refractivity contribution in [2.75, 3.05) is 0 Å². The maximum absolute atomic E-state index is 12.1. The molecule has 16 heavy (non-hydrogen) atoms. The topological polar surface area (TPSA) is 17.1 Å². The Balaban J connectivity index is 2.41. The van der Waals surface area contributed by atoms with Gasteiger partial charge in [-0.3, -0.25) is 4.79 Å². The summed E-state index contributed by atoms with van der Waals surface area (Å²) in [6.07, 6.45) is 0. The number of carbonyl (C=O) groups is 1. The molecule has 1 nitrogen and oxygen atoms in total. The third-order valence-electron chi connectivity index (χ3n) is 3.08. The van der Waals surface area contributed by atoms with E-state index in [0.29, 0.717) is 5.46 Å². The molecule has 0 fully saturated rings. The van der Waals surface area contributed by atoms with Crippen LogP contribution >= 0.6 is 0 Å². The fourth-order valence-corrected chi connectivity index (χ4v) is 2.33. The molecule has 0 bridgehead atoms. The lowest BCUT2D eigenvalue weighted by Gasteiger charge is -2.03. The van der Waals surface area contributed by atoms with Crippen LogP contribution in [0.25, 0.3) is 11.1 Å². The highest BCUT2D eigenvalue weighted by molar-refractivity contribution is 6.34. The summed E-state index contributed by atoms with van der Waals surface area (Å²) in [5.74, 6) is 0.0843. The Morgan fingerprint density at radius 1 is 1.00 bits per heavy atom. The fraction of sp³-hybridized carbons (Fsp3) is 0.0714. The summed E-state index contributed by atoms with van der Waals surface area (Å²) >= 11 is 0. The number of fused-ring (bicyclic) bond motifs is 3. The van der Waals surface area contributed by atoms with E-state index in [2.05, 4.69) is 0 Å². The van der Waals surface area contributed by atoms with E-state index in [9.17, 15) is 4.79 Å². The van der Waals surface area contributed by atoms with Crippen molar-refractivity contribution < 1.29 is 4.79 Å². The summed E-state index contributed by atoms with van der Waals surface area (Å²) in [6.45, 7) is 2.03. The molecule has 0 aromatic heterocycles. The Kier molecular flexibility index (Phi) is 1.81. The Morgan fingerprint density at radius 3 is 2.62 bits per heavy atom. The van der Waals surface area contributed by atoms with Crippen LogP contribution in [0.4, 0.5) is 0 Å². The van der Waals surface area contributed by atoms with Crippen molar-refractivity contribution in [3.05, 3.63) is 53.1 Å². The molecule has 0 amide bonds. The lowest BCUT2D eigenvalue weighted by molar-refractivity contribution is 0.104. The van der Waals surface area contributed by atoms with Gasteiger partial charge in [-0.2, -0.15) is 0 Å². The molecular formula is C14H9BO. The highest BCUT2D eigenvalue weighted by atomic mass is 16.1. The summed E-state index contributed by atoms with van der Waals surface area (Å²) in [4.78, 5) is 12.1. The van der Waals surface area contributed by atoms with E-state index in [4.69, 9.17) is 7.85 Å². The molecule has 2 aromatic rings. The van der Waals surface area contributed by atoms with Gasteiger partial charge in [0.1, 0.15) is 7.85 Å². The van der Waals surface area contributed by atoms with Crippen molar-refractivity contribution in [1.29, 1.82) is 0 Å². The molecule has 1 aliphatic rings. The van der Waals surface area contributed by atoms with Gasteiger partial charge in [-0.25, -0.2) is 0 Å². The van der Waals surface area contributed by atoms with E-state index >= 15 is 0 Å². The standard InChI is InChI=1S/C14H9BO/c1-8-3-2-4-11-13(8)10-6-5-9(15)7-12(10)14(11)16/h2-7H,1H3. The third kappa shape index (κ3) is 1.10. The Bertz CT molecular complexity index is 614. The number of ketones is 1. The predicted octanol–water partition coefficient (Wildman–Crippen LogP) is 2.00. The van der Waals surface area contributed by atoms with Gasteiger partial charge in [-0.05, 0) is 23.6 Å². The first kappa shape index (κ1) is 9.40. The van der Waals surface area contributed by atoms with Crippen LogP contribution in [0.3, 0.4) is 0 Å². The van der Waals surface area contributed by atoms with Crippen LogP contribution in [0.2, 0.25) is 0 Å². The quantitative estimate of drug-likeness (QED) is 0.512. The molecule has 0 heterocycles. The maximum atomic E-state index is 12.1. The van der Waals surface area contributed by atoms with E-state index in [0.717, 1.165) is 27.8 Å². The summed E-state index contributed by atoms with van der Waals surface area (Å²) in [5, 5.41) is 0. The summed E-state index contributed by atoms with van der Waals surface area (Å²) in [6, 6.07) is 11.4. The first-order valence-electron chi connectivity index (χ1n) is 5.22. The van der Waals surface area contributed by atoms with Crippen LogP contribution in [0, 0.1) is 6.92 Å². The predicted molar refractivity (Wildman–Crippen MR) is 65.4 cm³/mol. The van der Waals surface area contributed by atoms with E-state index in [1.807, 2.05) is 37.3 Å². The van der Waals surface area contributed by atoms with E-state index in [1.54, 1.807) is 6.07 Å². The van der Waals surface area contributed by atoms with Gasteiger partial charge in [0.05, 0.1) is 0 Å². The highest BCUT2D eigenvalue weighted by Gasteiger charge is 2.27. The van der Waals surface area contributed by atoms with E-state index < -0.39 is 0 Å². The summed E-state index contributed by atoms with van der Waals surface area (Å²) in [5.41, 5.74) is 5.35. The molecule has 3 rings (SSSR count). The summed E-state index contributed by atoms with van der Waals surface area (Å²) in [7, 11) is 5.71. The zero-order valence-electron chi connectivity index (χ0n) is 8.95. The molecule has 0 atom stereocenters. The van der Waals surface area contributed by atoms with Crippen molar-refractivity contribution in [2.45, 2.75) is 6.92 Å². The van der Waals surface area contributed by atoms with Gasteiger partial charge in [0.2, 0.25) is 0 Å². The Morgan fingerprint density at radius 2 is 1.81 bits per heavy atom. The third-order valence-corrected chi connectivity index (χ3v) is 3.08. The lowest BCUT2D eigenvalue weighted by Crippen LogP contribution is -2.05. The normalized spacial score (nSPS) is 12.4.